The number of likely N-dealkylation sites (tertiary alicyclic amines) is 1. The molecule has 0 bridgehead atoms. The van der Waals surface area contributed by atoms with Crippen LogP contribution in [0.25, 0.3) is 0 Å². The van der Waals surface area contributed by atoms with Gasteiger partial charge in [0.1, 0.15) is 0 Å². The van der Waals surface area contributed by atoms with Crippen LogP contribution in [0, 0.1) is 18.3 Å². The molecule has 2 saturated heterocycles. The third-order valence-corrected chi connectivity index (χ3v) is 5.44. The second-order valence-electron chi connectivity index (χ2n) is 7.87. The predicted molar refractivity (Wildman–Crippen MR) is 101 cm³/mol. The summed E-state index contributed by atoms with van der Waals surface area (Å²) < 4.78 is 5.52. The van der Waals surface area contributed by atoms with Crippen molar-refractivity contribution in [1.82, 2.24) is 10.2 Å². The average Bonchev–Trinajstić information content (AvgIpc) is 2.94. The van der Waals surface area contributed by atoms with Crippen molar-refractivity contribution in [2.45, 2.75) is 39.7 Å². The fraction of sp³-hybridized carbons (Fsp3) is 0.600. The number of ether oxygens (including phenoxy) is 1. The number of hydrogen-bond acceptors (Lipinski definition) is 3. The van der Waals surface area contributed by atoms with Crippen LogP contribution in [0.3, 0.4) is 0 Å². The number of anilines is 1. The van der Waals surface area contributed by atoms with E-state index < -0.39 is 0 Å². The number of aryl methyl sites for hydroxylation is 1. The molecule has 142 valence electrons. The lowest BCUT2D eigenvalue weighted by molar-refractivity contribution is -0.130. The first-order chi connectivity index (χ1) is 12.4. The largest absolute Gasteiger partial charge is 0.381 e. The Kier molecular flexibility index (Phi) is 5.51. The van der Waals surface area contributed by atoms with Crippen LogP contribution >= 0.6 is 0 Å². The minimum absolute atomic E-state index is 0.0488. The number of carbonyl (C=O) groups is 2. The molecule has 1 aromatic rings. The maximum Gasteiger partial charge on any atom is 0.321 e. The topological polar surface area (TPSA) is 70.7 Å². The van der Waals surface area contributed by atoms with Crippen molar-refractivity contribution in [3.63, 3.8) is 0 Å². The van der Waals surface area contributed by atoms with Gasteiger partial charge < -0.3 is 20.3 Å². The van der Waals surface area contributed by atoms with Crippen LogP contribution in [-0.4, -0.2) is 49.2 Å². The standard InChI is InChI=1S/C20H29N3O3/c1-14(2)21-18(24)17-12-23(13-20(17)7-9-26-10-8-20)19(25)22-16-6-4-5-15(3)11-16/h4-6,11,14,17H,7-10,12-13H2,1-3H3,(H,21,24)(H,22,25). The number of benzene rings is 1. The van der Waals surface area contributed by atoms with Crippen LogP contribution in [0.5, 0.6) is 0 Å². The lowest BCUT2D eigenvalue weighted by Gasteiger charge is -2.37. The first kappa shape index (κ1) is 18.7. The number of rotatable bonds is 3. The summed E-state index contributed by atoms with van der Waals surface area (Å²) in [5.74, 6) is -0.134. The zero-order valence-corrected chi connectivity index (χ0v) is 15.9. The van der Waals surface area contributed by atoms with Crippen LogP contribution in [0.2, 0.25) is 0 Å². The highest BCUT2D eigenvalue weighted by atomic mass is 16.5. The number of amides is 3. The molecule has 2 aliphatic rings. The molecule has 0 aromatic heterocycles. The normalized spacial score (nSPS) is 21.8. The number of nitrogens with zero attached hydrogens (tertiary/aromatic N) is 1. The molecule has 2 fully saturated rings. The zero-order chi connectivity index (χ0) is 18.7. The van der Waals surface area contributed by atoms with Crippen molar-refractivity contribution in [1.29, 1.82) is 0 Å². The third kappa shape index (κ3) is 4.01. The SMILES string of the molecule is Cc1cccc(NC(=O)N2CC(C(=O)NC(C)C)C3(CCOCC3)C2)c1. The Balaban J connectivity index is 1.74. The van der Waals surface area contributed by atoms with E-state index in [1.54, 1.807) is 4.90 Å². The highest BCUT2D eigenvalue weighted by Crippen LogP contribution is 2.44. The van der Waals surface area contributed by atoms with Crippen LogP contribution < -0.4 is 10.6 Å². The molecule has 0 saturated carbocycles. The summed E-state index contributed by atoms with van der Waals surface area (Å²) in [7, 11) is 0. The molecule has 1 atom stereocenters. The van der Waals surface area contributed by atoms with Crippen molar-refractivity contribution < 1.29 is 14.3 Å². The fourth-order valence-electron chi connectivity index (χ4n) is 4.08. The van der Waals surface area contributed by atoms with Crippen molar-refractivity contribution >= 4 is 17.6 Å². The summed E-state index contributed by atoms with van der Waals surface area (Å²) in [5.41, 5.74) is 1.70. The lowest BCUT2D eigenvalue weighted by atomic mass is 9.71. The van der Waals surface area contributed by atoms with Crippen molar-refractivity contribution in [3.8, 4) is 0 Å². The monoisotopic (exact) mass is 359 g/mol. The van der Waals surface area contributed by atoms with Crippen LogP contribution in [-0.2, 0) is 9.53 Å². The van der Waals surface area contributed by atoms with E-state index in [1.165, 1.54) is 0 Å². The number of carbonyl (C=O) groups excluding carboxylic acids is 2. The minimum atomic E-state index is -0.183. The van der Waals surface area contributed by atoms with Gasteiger partial charge >= 0.3 is 6.03 Å². The molecule has 1 unspecified atom stereocenters. The molecular formula is C20H29N3O3. The quantitative estimate of drug-likeness (QED) is 0.872. The van der Waals surface area contributed by atoms with E-state index in [-0.39, 0.29) is 29.3 Å². The van der Waals surface area contributed by atoms with E-state index in [9.17, 15) is 9.59 Å². The molecule has 1 spiro atoms. The molecular weight excluding hydrogens is 330 g/mol. The number of hydrogen-bond donors (Lipinski definition) is 2. The summed E-state index contributed by atoms with van der Waals surface area (Å²) in [5, 5.41) is 6.01. The third-order valence-electron chi connectivity index (χ3n) is 5.44. The van der Waals surface area contributed by atoms with Gasteiger partial charge in [-0.1, -0.05) is 12.1 Å². The number of urea groups is 1. The lowest BCUT2D eigenvalue weighted by Crippen LogP contribution is -2.46. The predicted octanol–water partition coefficient (Wildman–Crippen LogP) is 2.78. The molecule has 2 heterocycles. The summed E-state index contributed by atoms with van der Waals surface area (Å²) in [4.78, 5) is 27.4. The zero-order valence-electron chi connectivity index (χ0n) is 15.9. The van der Waals surface area contributed by atoms with Gasteiger partial charge in [-0.3, -0.25) is 4.79 Å². The van der Waals surface area contributed by atoms with Gasteiger partial charge in [-0.25, -0.2) is 4.79 Å². The van der Waals surface area contributed by atoms with Gasteiger partial charge in [-0.2, -0.15) is 0 Å². The Morgan fingerprint density at radius 2 is 2.00 bits per heavy atom. The van der Waals surface area contributed by atoms with Crippen molar-refractivity contribution in [2.24, 2.45) is 11.3 Å². The van der Waals surface area contributed by atoms with E-state index in [2.05, 4.69) is 10.6 Å². The van der Waals surface area contributed by atoms with Crippen LogP contribution in [0.4, 0.5) is 10.5 Å². The van der Waals surface area contributed by atoms with E-state index in [4.69, 9.17) is 4.74 Å². The van der Waals surface area contributed by atoms with Gasteiger partial charge in [0, 0.05) is 43.4 Å². The highest BCUT2D eigenvalue weighted by Gasteiger charge is 2.51. The summed E-state index contributed by atoms with van der Waals surface area (Å²) in [6.45, 7) is 8.28. The van der Waals surface area contributed by atoms with Gasteiger partial charge in [0.05, 0.1) is 5.92 Å². The Bertz CT molecular complexity index is 668. The highest BCUT2D eigenvalue weighted by molar-refractivity contribution is 5.91. The van der Waals surface area contributed by atoms with E-state index >= 15 is 0 Å². The summed E-state index contributed by atoms with van der Waals surface area (Å²) >= 11 is 0. The van der Waals surface area contributed by atoms with E-state index in [1.807, 2.05) is 45.0 Å². The molecule has 3 amide bonds. The second-order valence-corrected chi connectivity index (χ2v) is 7.87. The van der Waals surface area contributed by atoms with E-state index in [0.29, 0.717) is 26.3 Å². The first-order valence-electron chi connectivity index (χ1n) is 9.40. The van der Waals surface area contributed by atoms with Gasteiger partial charge in [0.15, 0.2) is 0 Å². The molecule has 0 aliphatic carbocycles. The molecule has 2 aliphatic heterocycles. The molecule has 0 radical (unpaired) electrons. The maximum atomic E-state index is 12.8. The Morgan fingerprint density at radius 3 is 2.65 bits per heavy atom. The first-order valence-corrected chi connectivity index (χ1v) is 9.40. The van der Waals surface area contributed by atoms with Crippen molar-refractivity contribution in [2.75, 3.05) is 31.6 Å². The second kappa shape index (κ2) is 7.66. The van der Waals surface area contributed by atoms with Crippen LogP contribution in [0.15, 0.2) is 24.3 Å². The molecule has 3 rings (SSSR count). The Labute approximate surface area is 155 Å². The number of nitrogens with one attached hydrogen (secondary N) is 2. The Hall–Kier alpha value is -2.08. The maximum absolute atomic E-state index is 12.8. The van der Waals surface area contributed by atoms with Gasteiger partial charge in [0.2, 0.25) is 5.91 Å². The van der Waals surface area contributed by atoms with Crippen LogP contribution in [0.1, 0.15) is 32.3 Å². The average molecular weight is 359 g/mol. The van der Waals surface area contributed by atoms with Gasteiger partial charge in [0.25, 0.3) is 0 Å². The van der Waals surface area contributed by atoms with Crippen molar-refractivity contribution in [3.05, 3.63) is 29.8 Å². The van der Waals surface area contributed by atoms with E-state index in [0.717, 1.165) is 24.1 Å². The Morgan fingerprint density at radius 1 is 1.27 bits per heavy atom. The fourth-order valence-corrected chi connectivity index (χ4v) is 4.08. The molecule has 6 nitrogen and oxygen atoms in total. The molecule has 6 heteroatoms. The smallest absolute Gasteiger partial charge is 0.321 e. The molecule has 1 aromatic carbocycles. The molecule has 2 N–H and O–H groups in total. The summed E-state index contributed by atoms with van der Waals surface area (Å²) in [6, 6.07) is 7.70. The van der Waals surface area contributed by atoms with Gasteiger partial charge in [-0.15, -0.1) is 0 Å². The minimum Gasteiger partial charge on any atom is -0.381 e. The van der Waals surface area contributed by atoms with Gasteiger partial charge in [-0.05, 0) is 51.3 Å². The molecule has 26 heavy (non-hydrogen) atoms. The summed E-state index contributed by atoms with van der Waals surface area (Å²) in [6.07, 6.45) is 1.63.